The highest BCUT2D eigenvalue weighted by atomic mass is 19.1. The number of carbonyl (C=O) groups is 2. The zero-order valence-electron chi connectivity index (χ0n) is 19.5. The Bertz CT molecular complexity index is 1250. The topological polar surface area (TPSA) is 92.4 Å². The van der Waals surface area contributed by atoms with Crippen LogP contribution in [-0.2, 0) is 11.3 Å². The highest BCUT2D eigenvalue weighted by molar-refractivity contribution is 5.95. The average Bonchev–Trinajstić information content (AvgIpc) is 3.28. The molecule has 2 N–H and O–H groups in total. The fourth-order valence-corrected chi connectivity index (χ4v) is 5.03. The van der Waals surface area contributed by atoms with Crippen molar-refractivity contribution < 1.29 is 14.0 Å². The molecule has 2 fully saturated rings. The SMILES string of the molecule is Nc1ncc(-c2ccc(F)cc2)c(C2CCCCN2C(=O)c2cccc(CN3CCCC3=O)c2)n1. The van der Waals surface area contributed by atoms with E-state index in [1.54, 1.807) is 18.3 Å². The number of benzene rings is 2. The van der Waals surface area contributed by atoms with E-state index < -0.39 is 0 Å². The Morgan fingerprint density at radius 1 is 1.09 bits per heavy atom. The smallest absolute Gasteiger partial charge is 0.254 e. The summed E-state index contributed by atoms with van der Waals surface area (Å²) in [5.41, 5.74) is 9.68. The lowest BCUT2D eigenvalue weighted by atomic mass is 9.93. The predicted molar refractivity (Wildman–Crippen MR) is 131 cm³/mol. The first kappa shape index (κ1) is 23.0. The van der Waals surface area contributed by atoms with Gasteiger partial charge in [-0.25, -0.2) is 14.4 Å². The summed E-state index contributed by atoms with van der Waals surface area (Å²) in [5.74, 6) is -0.100. The van der Waals surface area contributed by atoms with Crippen LogP contribution in [0.3, 0.4) is 0 Å². The van der Waals surface area contributed by atoms with E-state index in [2.05, 4.69) is 9.97 Å². The van der Waals surface area contributed by atoms with Crippen molar-refractivity contribution in [2.75, 3.05) is 18.8 Å². The molecule has 1 aromatic heterocycles. The number of halogens is 1. The Morgan fingerprint density at radius 3 is 2.69 bits per heavy atom. The van der Waals surface area contributed by atoms with Gasteiger partial charge in [0.2, 0.25) is 11.9 Å². The molecular formula is C27H28FN5O2. The van der Waals surface area contributed by atoms with Crippen LogP contribution >= 0.6 is 0 Å². The van der Waals surface area contributed by atoms with Gasteiger partial charge >= 0.3 is 0 Å². The monoisotopic (exact) mass is 473 g/mol. The minimum Gasteiger partial charge on any atom is -0.368 e. The predicted octanol–water partition coefficient (Wildman–Crippen LogP) is 4.35. The number of piperidine rings is 1. The molecule has 0 radical (unpaired) electrons. The molecule has 35 heavy (non-hydrogen) atoms. The molecule has 2 saturated heterocycles. The van der Waals surface area contributed by atoms with Crippen molar-refractivity contribution in [3.8, 4) is 11.1 Å². The van der Waals surface area contributed by atoms with Gasteiger partial charge in [0.05, 0.1) is 11.7 Å². The fourth-order valence-electron chi connectivity index (χ4n) is 5.03. The zero-order chi connectivity index (χ0) is 24.4. The van der Waals surface area contributed by atoms with Gasteiger partial charge in [0, 0.05) is 43.4 Å². The van der Waals surface area contributed by atoms with Crippen LogP contribution in [0.15, 0.2) is 54.7 Å². The van der Waals surface area contributed by atoms with Gasteiger partial charge in [0.25, 0.3) is 5.91 Å². The molecule has 5 rings (SSSR count). The van der Waals surface area contributed by atoms with Crippen molar-refractivity contribution in [1.29, 1.82) is 0 Å². The number of hydrogen-bond acceptors (Lipinski definition) is 5. The Hall–Kier alpha value is -3.81. The summed E-state index contributed by atoms with van der Waals surface area (Å²) in [5, 5.41) is 0. The molecular weight excluding hydrogens is 445 g/mol. The maximum absolute atomic E-state index is 13.7. The number of amides is 2. The Balaban J connectivity index is 1.45. The van der Waals surface area contributed by atoms with E-state index in [9.17, 15) is 14.0 Å². The molecule has 180 valence electrons. The normalized spacial score (nSPS) is 18.2. The quantitative estimate of drug-likeness (QED) is 0.595. The second-order valence-electron chi connectivity index (χ2n) is 9.16. The summed E-state index contributed by atoms with van der Waals surface area (Å²) >= 11 is 0. The number of anilines is 1. The van der Waals surface area contributed by atoms with Gasteiger partial charge in [-0.05, 0) is 61.1 Å². The molecule has 2 aromatic carbocycles. The van der Waals surface area contributed by atoms with Gasteiger partial charge in [-0.3, -0.25) is 9.59 Å². The molecule has 3 heterocycles. The minimum absolute atomic E-state index is 0.0773. The summed E-state index contributed by atoms with van der Waals surface area (Å²) < 4.78 is 13.5. The lowest BCUT2D eigenvalue weighted by Gasteiger charge is -2.36. The number of rotatable bonds is 5. The van der Waals surface area contributed by atoms with Gasteiger partial charge in [0.1, 0.15) is 5.82 Å². The van der Waals surface area contributed by atoms with Gasteiger partial charge < -0.3 is 15.5 Å². The number of nitrogens with two attached hydrogens (primary N) is 1. The van der Waals surface area contributed by atoms with E-state index in [0.717, 1.165) is 48.9 Å². The zero-order valence-corrected chi connectivity index (χ0v) is 19.5. The van der Waals surface area contributed by atoms with E-state index in [4.69, 9.17) is 5.73 Å². The lowest BCUT2D eigenvalue weighted by molar-refractivity contribution is -0.128. The van der Waals surface area contributed by atoms with Crippen molar-refractivity contribution in [2.45, 2.75) is 44.7 Å². The minimum atomic E-state index is -0.323. The van der Waals surface area contributed by atoms with Crippen molar-refractivity contribution in [2.24, 2.45) is 0 Å². The van der Waals surface area contributed by atoms with Crippen molar-refractivity contribution >= 4 is 17.8 Å². The first-order valence-corrected chi connectivity index (χ1v) is 12.1. The van der Waals surface area contributed by atoms with Crippen LogP contribution < -0.4 is 5.73 Å². The average molecular weight is 474 g/mol. The number of nitrogen functional groups attached to an aromatic ring is 1. The fraction of sp³-hybridized carbons (Fsp3) is 0.333. The number of nitrogens with zero attached hydrogens (tertiary/aromatic N) is 4. The van der Waals surface area contributed by atoms with Crippen LogP contribution in [0, 0.1) is 5.82 Å². The lowest BCUT2D eigenvalue weighted by Crippen LogP contribution is -2.39. The molecule has 0 spiro atoms. The first-order chi connectivity index (χ1) is 17.0. The third-order valence-corrected chi connectivity index (χ3v) is 6.79. The summed E-state index contributed by atoms with van der Waals surface area (Å²) in [6, 6.07) is 13.4. The van der Waals surface area contributed by atoms with Crippen LogP contribution in [-0.4, -0.2) is 44.7 Å². The molecule has 2 aliphatic rings. The standard InChI is InChI=1S/C27H28FN5O2/c28-21-11-9-19(10-12-21)22-16-30-27(29)31-25(22)23-7-1-2-14-33(23)26(35)20-6-3-5-18(15-20)17-32-13-4-8-24(32)34/h3,5-6,9-12,15-16,23H,1-2,4,7-8,13-14,17H2,(H2,29,30,31). The first-order valence-electron chi connectivity index (χ1n) is 12.1. The second kappa shape index (κ2) is 9.82. The van der Waals surface area contributed by atoms with Gasteiger partial charge in [0.15, 0.2) is 0 Å². The molecule has 2 amide bonds. The number of aromatic nitrogens is 2. The van der Waals surface area contributed by atoms with Crippen molar-refractivity contribution in [3.05, 3.63) is 77.4 Å². The van der Waals surface area contributed by atoms with Crippen LogP contribution in [0.1, 0.15) is 59.8 Å². The number of hydrogen-bond donors (Lipinski definition) is 1. The van der Waals surface area contributed by atoms with Crippen LogP contribution in [0.25, 0.3) is 11.1 Å². The maximum Gasteiger partial charge on any atom is 0.254 e. The Morgan fingerprint density at radius 2 is 1.91 bits per heavy atom. The van der Waals surface area contributed by atoms with Crippen molar-refractivity contribution in [3.63, 3.8) is 0 Å². The summed E-state index contributed by atoms with van der Waals surface area (Å²) in [6.45, 7) is 1.87. The van der Waals surface area contributed by atoms with Crippen LogP contribution in [0.4, 0.5) is 10.3 Å². The van der Waals surface area contributed by atoms with Crippen molar-refractivity contribution in [1.82, 2.24) is 19.8 Å². The molecule has 0 bridgehead atoms. The molecule has 3 aromatic rings. The summed E-state index contributed by atoms with van der Waals surface area (Å²) in [6.07, 6.45) is 5.72. The van der Waals surface area contributed by atoms with E-state index in [1.165, 1.54) is 12.1 Å². The highest BCUT2D eigenvalue weighted by Crippen LogP contribution is 2.37. The van der Waals surface area contributed by atoms with E-state index in [0.29, 0.717) is 30.8 Å². The molecule has 8 heteroatoms. The second-order valence-corrected chi connectivity index (χ2v) is 9.16. The van der Waals surface area contributed by atoms with Crippen LogP contribution in [0.5, 0.6) is 0 Å². The third-order valence-electron chi connectivity index (χ3n) is 6.79. The van der Waals surface area contributed by atoms with Gasteiger partial charge in [-0.2, -0.15) is 0 Å². The van der Waals surface area contributed by atoms with Crippen LogP contribution in [0.2, 0.25) is 0 Å². The van der Waals surface area contributed by atoms with E-state index in [-0.39, 0.29) is 29.6 Å². The summed E-state index contributed by atoms with van der Waals surface area (Å²) in [4.78, 5) is 38.2. The molecule has 7 nitrogen and oxygen atoms in total. The third kappa shape index (κ3) is 4.87. The molecule has 0 saturated carbocycles. The Kier molecular flexibility index (Phi) is 6.44. The molecule has 0 aliphatic carbocycles. The maximum atomic E-state index is 13.7. The number of carbonyl (C=O) groups excluding carboxylic acids is 2. The highest BCUT2D eigenvalue weighted by Gasteiger charge is 2.32. The van der Waals surface area contributed by atoms with Gasteiger partial charge in [-0.1, -0.05) is 24.3 Å². The molecule has 1 unspecified atom stereocenters. The Labute approximate surface area is 203 Å². The largest absolute Gasteiger partial charge is 0.368 e. The number of likely N-dealkylation sites (tertiary alicyclic amines) is 2. The van der Waals surface area contributed by atoms with Gasteiger partial charge in [-0.15, -0.1) is 0 Å². The molecule has 1 atom stereocenters. The van der Waals surface area contributed by atoms with E-state index >= 15 is 0 Å². The molecule has 2 aliphatic heterocycles. The summed E-state index contributed by atoms with van der Waals surface area (Å²) in [7, 11) is 0. The van der Waals surface area contributed by atoms with E-state index in [1.807, 2.05) is 34.1 Å².